The highest BCUT2D eigenvalue weighted by atomic mass is 35.5. The molecule has 0 bridgehead atoms. The van der Waals surface area contributed by atoms with E-state index in [9.17, 15) is 18.0 Å². The highest BCUT2D eigenvalue weighted by Crippen LogP contribution is 2.25. The quantitative estimate of drug-likeness (QED) is 0.759. The maximum Gasteiger partial charge on any atom is 0.243 e. The predicted molar refractivity (Wildman–Crippen MR) is 111 cm³/mol. The number of rotatable bonds is 5. The fraction of sp³-hybridized carbons (Fsp3) is 0.600. The van der Waals surface area contributed by atoms with Crippen molar-refractivity contribution in [3.8, 4) is 0 Å². The van der Waals surface area contributed by atoms with Crippen LogP contribution in [0.25, 0.3) is 0 Å². The molecule has 1 N–H and O–H groups in total. The fourth-order valence-corrected chi connectivity index (χ4v) is 5.52. The number of hydrogen-bond acceptors (Lipinski definition) is 4. The van der Waals surface area contributed by atoms with Crippen LogP contribution >= 0.6 is 11.6 Å². The number of hydrogen-bond donors (Lipinski definition) is 1. The molecule has 0 aliphatic carbocycles. The van der Waals surface area contributed by atoms with Crippen molar-refractivity contribution in [2.24, 2.45) is 5.92 Å². The number of halogens is 1. The Kier molecular flexibility index (Phi) is 7.54. The third-order valence-electron chi connectivity index (χ3n) is 5.58. The zero-order valence-corrected chi connectivity index (χ0v) is 18.1. The highest BCUT2D eigenvalue weighted by molar-refractivity contribution is 7.89. The standard InChI is InChI=1S/C20H28ClN3O4S/c21-17-7-9-18(10-8-17)29(27,28)24-13-5-6-16(15-24)20(26)22-14-19(25)23-11-3-1-2-4-12-23/h7-10,16H,1-6,11-15H2,(H,22,26). The highest BCUT2D eigenvalue weighted by Gasteiger charge is 2.33. The molecule has 1 unspecified atom stereocenters. The second-order valence-electron chi connectivity index (χ2n) is 7.67. The number of likely N-dealkylation sites (tertiary alicyclic amines) is 1. The molecule has 160 valence electrons. The minimum absolute atomic E-state index is 0.0285. The van der Waals surface area contributed by atoms with Gasteiger partial charge in [0.25, 0.3) is 0 Å². The number of amides is 2. The van der Waals surface area contributed by atoms with Crippen LogP contribution in [0.4, 0.5) is 0 Å². The van der Waals surface area contributed by atoms with Crippen molar-refractivity contribution in [3.05, 3.63) is 29.3 Å². The van der Waals surface area contributed by atoms with E-state index in [1.54, 1.807) is 0 Å². The van der Waals surface area contributed by atoms with Gasteiger partial charge in [0, 0.05) is 31.2 Å². The first-order valence-corrected chi connectivity index (χ1v) is 12.0. The van der Waals surface area contributed by atoms with Gasteiger partial charge in [0.05, 0.1) is 17.4 Å². The number of carbonyl (C=O) groups excluding carboxylic acids is 2. The lowest BCUT2D eigenvalue weighted by Crippen LogP contribution is -2.47. The first-order valence-electron chi connectivity index (χ1n) is 10.2. The Hall–Kier alpha value is -1.64. The summed E-state index contributed by atoms with van der Waals surface area (Å²) in [5, 5.41) is 3.19. The van der Waals surface area contributed by atoms with Gasteiger partial charge in [0.2, 0.25) is 21.8 Å². The first-order chi connectivity index (χ1) is 13.9. The lowest BCUT2D eigenvalue weighted by atomic mass is 9.99. The van der Waals surface area contributed by atoms with Crippen molar-refractivity contribution in [2.45, 2.75) is 43.4 Å². The second-order valence-corrected chi connectivity index (χ2v) is 10.0. The van der Waals surface area contributed by atoms with E-state index in [1.807, 2.05) is 4.90 Å². The van der Waals surface area contributed by atoms with Gasteiger partial charge in [-0.2, -0.15) is 4.31 Å². The smallest absolute Gasteiger partial charge is 0.243 e. The summed E-state index contributed by atoms with van der Waals surface area (Å²) in [4.78, 5) is 26.9. The largest absolute Gasteiger partial charge is 0.347 e. The number of nitrogens with one attached hydrogen (secondary N) is 1. The maximum absolute atomic E-state index is 12.9. The van der Waals surface area contributed by atoms with Crippen LogP contribution in [0.5, 0.6) is 0 Å². The molecule has 1 aromatic rings. The lowest BCUT2D eigenvalue weighted by Gasteiger charge is -2.31. The summed E-state index contributed by atoms with van der Waals surface area (Å²) < 4.78 is 27.1. The number of piperidine rings is 1. The summed E-state index contributed by atoms with van der Waals surface area (Å²) in [5.74, 6) is -0.784. The fourth-order valence-electron chi connectivity index (χ4n) is 3.87. The normalized spacial score (nSPS) is 21.4. The van der Waals surface area contributed by atoms with Crippen molar-refractivity contribution in [1.29, 1.82) is 0 Å². The summed E-state index contributed by atoms with van der Waals surface area (Å²) >= 11 is 5.85. The Bertz CT molecular complexity index is 821. The Morgan fingerprint density at radius 3 is 2.31 bits per heavy atom. The minimum atomic E-state index is -3.68. The zero-order chi connectivity index (χ0) is 20.9. The van der Waals surface area contributed by atoms with Gasteiger partial charge in [-0.3, -0.25) is 9.59 Å². The number of sulfonamides is 1. The molecule has 0 aromatic heterocycles. The van der Waals surface area contributed by atoms with Gasteiger partial charge < -0.3 is 10.2 Å². The molecule has 2 heterocycles. The molecule has 0 radical (unpaired) electrons. The van der Waals surface area contributed by atoms with Crippen LogP contribution in [-0.4, -0.2) is 62.2 Å². The van der Waals surface area contributed by atoms with Crippen molar-refractivity contribution in [1.82, 2.24) is 14.5 Å². The Balaban J connectivity index is 1.56. The molecule has 7 nitrogen and oxygen atoms in total. The zero-order valence-electron chi connectivity index (χ0n) is 16.5. The van der Waals surface area contributed by atoms with Crippen LogP contribution in [0, 0.1) is 5.92 Å². The van der Waals surface area contributed by atoms with E-state index < -0.39 is 15.9 Å². The summed E-state index contributed by atoms with van der Waals surface area (Å²) in [6, 6.07) is 6.02. The molecule has 2 fully saturated rings. The average Bonchev–Trinajstić information content (AvgIpc) is 3.02. The monoisotopic (exact) mass is 441 g/mol. The molecule has 1 aromatic carbocycles. The van der Waals surface area contributed by atoms with Crippen molar-refractivity contribution in [2.75, 3.05) is 32.7 Å². The van der Waals surface area contributed by atoms with Gasteiger partial charge in [0.1, 0.15) is 0 Å². The van der Waals surface area contributed by atoms with Gasteiger partial charge in [-0.05, 0) is 49.9 Å². The van der Waals surface area contributed by atoms with Crippen LogP contribution in [0.1, 0.15) is 38.5 Å². The molecule has 0 spiro atoms. The number of nitrogens with zero attached hydrogens (tertiary/aromatic N) is 2. The van der Waals surface area contributed by atoms with Crippen LogP contribution < -0.4 is 5.32 Å². The molecule has 3 rings (SSSR count). The minimum Gasteiger partial charge on any atom is -0.347 e. The topological polar surface area (TPSA) is 86.8 Å². The molecule has 1 atom stereocenters. The average molecular weight is 442 g/mol. The summed E-state index contributed by atoms with van der Waals surface area (Å²) in [7, 11) is -3.68. The van der Waals surface area contributed by atoms with Crippen molar-refractivity contribution < 1.29 is 18.0 Å². The Labute approximate surface area is 177 Å². The predicted octanol–water partition coefficient (Wildman–Crippen LogP) is 2.26. The third kappa shape index (κ3) is 5.71. The van der Waals surface area contributed by atoms with Crippen LogP contribution in [0.15, 0.2) is 29.2 Å². The molecule has 2 amide bonds. The molecule has 2 aliphatic heterocycles. The molecule has 2 saturated heterocycles. The van der Waals surface area contributed by atoms with E-state index in [-0.39, 0.29) is 29.8 Å². The third-order valence-corrected chi connectivity index (χ3v) is 7.71. The van der Waals surface area contributed by atoms with Gasteiger partial charge in [0.15, 0.2) is 0 Å². The van der Waals surface area contributed by atoms with Crippen molar-refractivity contribution in [3.63, 3.8) is 0 Å². The summed E-state index contributed by atoms with van der Waals surface area (Å²) in [6.07, 6.45) is 5.48. The first kappa shape index (κ1) is 22.1. The van der Waals surface area contributed by atoms with E-state index >= 15 is 0 Å². The maximum atomic E-state index is 12.9. The Morgan fingerprint density at radius 2 is 1.66 bits per heavy atom. The van der Waals surface area contributed by atoms with Gasteiger partial charge in [-0.25, -0.2) is 8.42 Å². The van der Waals surface area contributed by atoms with Crippen molar-refractivity contribution >= 4 is 33.4 Å². The lowest BCUT2D eigenvalue weighted by molar-refractivity contribution is -0.134. The van der Waals surface area contributed by atoms with E-state index in [2.05, 4.69) is 5.32 Å². The van der Waals surface area contributed by atoms with Gasteiger partial charge in [-0.15, -0.1) is 0 Å². The molecule has 0 saturated carbocycles. The summed E-state index contributed by atoms with van der Waals surface area (Å²) in [6.45, 7) is 1.95. The SMILES string of the molecule is O=C(NCC(=O)N1CCCCCC1)C1CCCN(S(=O)(=O)c2ccc(Cl)cc2)C1. The van der Waals surface area contributed by atoms with E-state index in [4.69, 9.17) is 11.6 Å². The van der Waals surface area contributed by atoms with Crippen LogP contribution in [0.3, 0.4) is 0 Å². The van der Waals surface area contributed by atoms with Crippen LogP contribution in [0.2, 0.25) is 5.02 Å². The molecule has 29 heavy (non-hydrogen) atoms. The summed E-state index contributed by atoms with van der Waals surface area (Å²) in [5.41, 5.74) is 0. The van der Waals surface area contributed by atoms with E-state index in [0.29, 0.717) is 24.4 Å². The number of carbonyl (C=O) groups is 2. The van der Waals surface area contributed by atoms with Crippen LogP contribution in [-0.2, 0) is 19.6 Å². The molecular weight excluding hydrogens is 414 g/mol. The number of benzene rings is 1. The van der Waals surface area contributed by atoms with Gasteiger partial charge in [-0.1, -0.05) is 24.4 Å². The second kappa shape index (κ2) is 9.91. The Morgan fingerprint density at radius 1 is 1.00 bits per heavy atom. The molecule has 9 heteroatoms. The van der Waals surface area contributed by atoms with Gasteiger partial charge >= 0.3 is 0 Å². The van der Waals surface area contributed by atoms with E-state index in [0.717, 1.165) is 38.8 Å². The van der Waals surface area contributed by atoms with E-state index in [1.165, 1.54) is 28.6 Å². The molecule has 2 aliphatic rings. The molecular formula is C20H28ClN3O4S.